The lowest BCUT2D eigenvalue weighted by Gasteiger charge is -2.13. The van der Waals surface area contributed by atoms with Gasteiger partial charge in [0, 0.05) is 10.6 Å². The van der Waals surface area contributed by atoms with Gasteiger partial charge in [-0.25, -0.2) is 9.18 Å². The van der Waals surface area contributed by atoms with Gasteiger partial charge in [-0.05, 0) is 48.9 Å². The average Bonchev–Trinajstić information content (AvgIpc) is 2.93. The zero-order chi connectivity index (χ0) is 18.8. The number of nitrogens with zero attached hydrogens (tertiary/aromatic N) is 2. The van der Waals surface area contributed by atoms with Crippen molar-refractivity contribution in [1.29, 1.82) is 0 Å². The zero-order valence-corrected chi connectivity index (χ0v) is 15.2. The van der Waals surface area contributed by atoms with Gasteiger partial charge in [-0.3, -0.25) is 4.79 Å². The molecule has 0 saturated carbocycles. The molecule has 1 unspecified atom stereocenters. The van der Waals surface area contributed by atoms with E-state index in [0.29, 0.717) is 17.0 Å². The molecule has 0 aliphatic heterocycles. The monoisotopic (exact) mass is 392 g/mol. The lowest BCUT2D eigenvalue weighted by molar-refractivity contribution is -0.140. The van der Waals surface area contributed by atoms with Crippen molar-refractivity contribution in [3.8, 4) is 0 Å². The highest BCUT2D eigenvalue weighted by Gasteiger charge is 2.22. The third-order valence-electron chi connectivity index (χ3n) is 3.86. The Morgan fingerprint density at radius 2 is 1.96 bits per heavy atom. The molecule has 26 heavy (non-hydrogen) atoms. The van der Waals surface area contributed by atoms with Crippen molar-refractivity contribution in [2.45, 2.75) is 19.4 Å². The number of aliphatic carboxylic acids is 1. The van der Waals surface area contributed by atoms with Crippen LogP contribution in [0.25, 0.3) is 10.2 Å². The summed E-state index contributed by atoms with van der Waals surface area (Å²) in [5, 5.41) is 10.0. The molecular formula is C18H14ClFN2O3S. The number of amides is 1. The van der Waals surface area contributed by atoms with Gasteiger partial charge in [0.2, 0.25) is 0 Å². The molecule has 1 atom stereocenters. The van der Waals surface area contributed by atoms with Crippen LogP contribution in [0, 0.1) is 5.82 Å². The van der Waals surface area contributed by atoms with Crippen LogP contribution in [0.3, 0.4) is 0 Å². The van der Waals surface area contributed by atoms with Crippen LogP contribution in [0.1, 0.15) is 29.7 Å². The molecule has 2 aromatic carbocycles. The Kier molecular flexibility index (Phi) is 5.20. The van der Waals surface area contributed by atoms with Crippen molar-refractivity contribution in [2.75, 3.05) is 0 Å². The molecule has 5 nitrogen and oxygen atoms in total. The van der Waals surface area contributed by atoms with Crippen LogP contribution in [0.5, 0.6) is 0 Å². The van der Waals surface area contributed by atoms with Crippen LogP contribution in [0.4, 0.5) is 4.39 Å². The molecular weight excluding hydrogens is 379 g/mol. The maximum absolute atomic E-state index is 13.0. The first-order valence-corrected chi connectivity index (χ1v) is 8.98. The summed E-state index contributed by atoms with van der Waals surface area (Å²) in [5.74, 6) is -2.05. The van der Waals surface area contributed by atoms with Gasteiger partial charge in [-0.1, -0.05) is 29.9 Å². The largest absolute Gasteiger partial charge is 0.480 e. The second-order valence-electron chi connectivity index (χ2n) is 5.55. The van der Waals surface area contributed by atoms with Crippen molar-refractivity contribution in [3.05, 3.63) is 63.7 Å². The second kappa shape index (κ2) is 7.39. The number of carbonyl (C=O) groups is 2. The lowest BCUT2D eigenvalue weighted by atomic mass is 10.2. The number of hydrogen-bond acceptors (Lipinski definition) is 3. The number of hydrogen-bond donors (Lipinski definition) is 1. The number of halogens is 2. The maximum Gasteiger partial charge on any atom is 0.326 e. The number of benzene rings is 2. The van der Waals surface area contributed by atoms with E-state index in [0.717, 1.165) is 4.70 Å². The highest BCUT2D eigenvalue weighted by Crippen LogP contribution is 2.25. The topological polar surface area (TPSA) is 71.7 Å². The fourth-order valence-corrected chi connectivity index (χ4v) is 3.82. The number of carboxylic acids is 1. The highest BCUT2D eigenvalue weighted by atomic mass is 35.5. The first kappa shape index (κ1) is 18.3. The first-order valence-electron chi connectivity index (χ1n) is 7.78. The van der Waals surface area contributed by atoms with Crippen LogP contribution >= 0.6 is 22.9 Å². The molecule has 134 valence electrons. The van der Waals surface area contributed by atoms with E-state index in [1.165, 1.54) is 40.2 Å². The molecule has 0 fully saturated rings. The molecule has 1 heterocycles. The molecule has 3 aromatic rings. The number of carbonyl (C=O) groups excluding carboxylic acids is 1. The van der Waals surface area contributed by atoms with E-state index in [2.05, 4.69) is 4.99 Å². The Bertz CT molecular complexity index is 1060. The molecule has 0 radical (unpaired) electrons. The van der Waals surface area contributed by atoms with Crippen molar-refractivity contribution in [2.24, 2.45) is 4.99 Å². The Hall–Kier alpha value is -2.51. The van der Waals surface area contributed by atoms with Crippen LogP contribution in [-0.4, -0.2) is 21.6 Å². The minimum atomic E-state index is -1.03. The number of fused-ring (bicyclic) bond motifs is 1. The predicted molar refractivity (Wildman–Crippen MR) is 98.1 cm³/mol. The van der Waals surface area contributed by atoms with Gasteiger partial charge in [0.1, 0.15) is 11.9 Å². The third-order valence-corrected chi connectivity index (χ3v) is 5.13. The fourth-order valence-electron chi connectivity index (χ4n) is 2.61. The molecule has 1 amide bonds. The lowest BCUT2D eigenvalue weighted by Crippen LogP contribution is -2.27. The predicted octanol–water partition coefficient (Wildman–Crippen LogP) is 4.27. The summed E-state index contributed by atoms with van der Waals surface area (Å²) >= 11 is 7.25. The smallest absolute Gasteiger partial charge is 0.326 e. The van der Waals surface area contributed by atoms with Crippen molar-refractivity contribution in [1.82, 2.24) is 4.57 Å². The van der Waals surface area contributed by atoms with Crippen molar-refractivity contribution >= 4 is 45.0 Å². The fraction of sp³-hybridized carbons (Fsp3) is 0.167. The van der Waals surface area contributed by atoms with E-state index in [4.69, 9.17) is 11.6 Å². The highest BCUT2D eigenvalue weighted by molar-refractivity contribution is 7.16. The van der Waals surface area contributed by atoms with Gasteiger partial charge in [0.25, 0.3) is 5.91 Å². The number of aromatic nitrogens is 1. The summed E-state index contributed by atoms with van der Waals surface area (Å²) in [5.41, 5.74) is 0.819. The van der Waals surface area contributed by atoms with Gasteiger partial charge in [-0.2, -0.15) is 4.99 Å². The molecule has 1 N–H and O–H groups in total. The van der Waals surface area contributed by atoms with E-state index < -0.39 is 23.7 Å². The number of thiazole rings is 1. The van der Waals surface area contributed by atoms with Gasteiger partial charge < -0.3 is 9.67 Å². The summed E-state index contributed by atoms with van der Waals surface area (Å²) in [6.45, 7) is 1.74. The molecule has 1 aromatic heterocycles. The second-order valence-corrected chi connectivity index (χ2v) is 7.00. The van der Waals surface area contributed by atoms with Crippen LogP contribution in [0.15, 0.2) is 47.5 Å². The quantitative estimate of drug-likeness (QED) is 0.720. The van der Waals surface area contributed by atoms with E-state index >= 15 is 0 Å². The van der Waals surface area contributed by atoms with E-state index in [1.54, 1.807) is 25.1 Å². The molecule has 3 rings (SSSR count). The zero-order valence-electron chi connectivity index (χ0n) is 13.6. The Balaban J connectivity index is 2.22. The third kappa shape index (κ3) is 3.54. The Morgan fingerprint density at radius 3 is 2.58 bits per heavy atom. The maximum atomic E-state index is 13.0. The molecule has 0 aliphatic carbocycles. The van der Waals surface area contributed by atoms with E-state index in [-0.39, 0.29) is 10.4 Å². The Labute approximate surface area is 157 Å². The summed E-state index contributed by atoms with van der Waals surface area (Å²) in [4.78, 5) is 28.5. The normalized spacial score (nSPS) is 13.1. The van der Waals surface area contributed by atoms with Crippen molar-refractivity contribution in [3.63, 3.8) is 0 Å². The van der Waals surface area contributed by atoms with Gasteiger partial charge >= 0.3 is 5.97 Å². The molecule has 8 heteroatoms. The summed E-state index contributed by atoms with van der Waals surface area (Å²) < 4.78 is 15.3. The minimum absolute atomic E-state index is 0.219. The van der Waals surface area contributed by atoms with Crippen LogP contribution in [-0.2, 0) is 4.79 Å². The molecule has 0 saturated heterocycles. The number of rotatable bonds is 4. The summed E-state index contributed by atoms with van der Waals surface area (Å²) in [6, 6.07) is 9.24. The SMILES string of the molecule is CCC(C(=O)O)n1/c(=N/C(=O)c2ccc(F)cc2)sc2ccc(Cl)cc21. The minimum Gasteiger partial charge on any atom is -0.480 e. The van der Waals surface area contributed by atoms with E-state index in [1.807, 2.05) is 0 Å². The van der Waals surface area contributed by atoms with Gasteiger partial charge in [0.15, 0.2) is 4.80 Å². The van der Waals surface area contributed by atoms with Gasteiger partial charge in [-0.15, -0.1) is 0 Å². The molecule has 0 bridgehead atoms. The summed E-state index contributed by atoms with van der Waals surface area (Å²) in [7, 11) is 0. The number of carboxylic acid groups (broad SMARTS) is 1. The van der Waals surface area contributed by atoms with Gasteiger partial charge in [0.05, 0.1) is 10.2 Å². The summed E-state index contributed by atoms with van der Waals surface area (Å²) in [6.07, 6.45) is 0.311. The van der Waals surface area contributed by atoms with Crippen LogP contribution < -0.4 is 4.80 Å². The van der Waals surface area contributed by atoms with Crippen LogP contribution in [0.2, 0.25) is 5.02 Å². The first-order chi connectivity index (χ1) is 12.4. The Morgan fingerprint density at radius 1 is 1.27 bits per heavy atom. The average molecular weight is 393 g/mol. The van der Waals surface area contributed by atoms with E-state index in [9.17, 15) is 19.1 Å². The molecule has 0 aliphatic rings. The standard InChI is InChI=1S/C18H14ClFN2O3S/c1-2-13(17(24)25)22-14-9-11(19)5-8-15(14)26-18(22)21-16(23)10-3-6-12(20)7-4-10/h3-9,13H,2H2,1H3,(H,24,25)/b21-18-. The molecule has 0 spiro atoms. The van der Waals surface area contributed by atoms with Crippen molar-refractivity contribution < 1.29 is 19.1 Å².